The summed E-state index contributed by atoms with van der Waals surface area (Å²) in [7, 11) is 0.468. The Kier molecular flexibility index (Phi) is 6.64. The Balaban J connectivity index is 2.16. The topological polar surface area (TPSA) is 78.9 Å². The Morgan fingerprint density at radius 1 is 1.33 bits per heavy atom. The van der Waals surface area contributed by atoms with E-state index in [1.165, 1.54) is 8.61 Å². The van der Waals surface area contributed by atoms with E-state index in [0.29, 0.717) is 38.6 Å². The molecular weight excluding hydrogens is 330 g/mol. The molecule has 1 fully saturated rings. The molecule has 0 aromatic carbocycles. The molecule has 0 aliphatic carbocycles. The van der Waals surface area contributed by atoms with Gasteiger partial charge < -0.3 is 9.64 Å². The van der Waals surface area contributed by atoms with Crippen molar-refractivity contribution in [2.45, 2.75) is 26.5 Å². The summed E-state index contributed by atoms with van der Waals surface area (Å²) in [4.78, 5) is 10.8. The molecule has 24 heavy (non-hydrogen) atoms. The van der Waals surface area contributed by atoms with E-state index in [2.05, 4.69) is 9.97 Å². The molecule has 2 heterocycles. The summed E-state index contributed by atoms with van der Waals surface area (Å²) < 4.78 is 34.0. The number of hydrogen-bond donors (Lipinski definition) is 0. The van der Waals surface area contributed by atoms with Gasteiger partial charge in [-0.25, -0.2) is 9.97 Å². The minimum atomic E-state index is -3.47. The van der Waals surface area contributed by atoms with Gasteiger partial charge in [0.2, 0.25) is 0 Å². The van der Waals surface area contributed by atoms with Crippen molar-refractivity contribution in [2.75, 3.05) is 46.9 Å². The third kappa shape index (κ3) is 4.48. The summed E-state index contributed by atoms with van der Waals surface area (Å²) in [6, 6.07) is 1.86. The first kappa shape index (κ1) is 19.2. The molecule has 0 unspecified atom stereocenters. The Morgan fingerprint density at radius 3 is 2.67 bits per heavy atom. The summed E-state index contributed by atoms with van der Waals surface area (Å²) in [5.41, 5.74) is 0.886. The average molecular weight is 357 g/mol. The van der Waals surface area contributed by atoms with Crippen molar-refractivity contribution in [3.05, 3.63) is 23.8 Å². The monoisotopic (exact) mass is 357 g/mol. The molecule has 136 valence electrons. The minimum absolute atomic E-state index is 0.240. The maximum Gasteiger partial charge on any atom is 0.282 e. The highest BCUT2D eigenvalue weighted by Crippen LogP contribution is 2.22. The van der Waals surface area contributed by atoms with E-state index >= 15 is 0 Å². The van der Waals surface area contributed by atoms with Crippen molar-refractivity contribution >= 4 is 10.2 Å². The van der Waals surface area contributed by atoms with Gasteiger partial charge in [-0.05, 0) is 20.2 Å². The summed E-state index contributed by atoms with van der Waals surface area (Å²) in [6.07, 6.45) is 1.26. The van der Waals surface area contributed by atoms with Gasteiger partial charge in [0.1, 0.15) is 6.10 Å². The maximum atomic E-state index is 12.7. The molecular formula is C15H27N5O3S. The van der Waals surface area contributed by atoms with Gasteiger partial charge in [-0.2, -0.15) is 17.0 Å². The molecule has 0 N–H and O–H groups in total. The van der Waals surface area contributed by atoms with Crippen LogP contribution in [0.15, 0.2) is 12.3 Å². The van der Waals surface area contributed by atoms with Crippen LogP contribution in [-0.4, -0.2) is 78.8 Å². The molecule has 1 aromatic heterocycles. The van der Waals surface area contributed by atoms with E-state index in [1.54, 1.807) is 6.20 Å². The van der Waals surface area contributed by atoms with E-state index < -0.39 is 16.3 Å². The smallest absolute Gasteiger partial charge is 0.282 e. The Morgan fingerprint density at radius 2 is 2.04 bits per heavy atom. The zero-order chi connectivity index (χ0) is 17.7. The number of hydrogen-bond acceptors (Lipinski definition) is 6. The van der Waals surface area contributed by atoms with Crippen LogP contribution in [0.3, 0.4) is 0 Å². The van der Waals surface area contributed by atoms with Crippen LogP contribution in [0.4, 0.5) is 0 Å². The van der Waals surface area contributed by atoms with Crippen LogP contribution in [-0.2, 0) is 21.5 Å². The van der Waals surface area contributed by atoms with Gasteiger partial charge in [0.05, 0.1) is 12.3 Å². The summed E-state index contributed by atoms with van der Waals surface area (Å²) in [5, 5.41) is 0. The molecule has 0 radical (unpaired) electrons. The van der Waals surface area contributed by atoms with E-state index in [4.69, 9.17) is 4.74 Å². The van der Waals surface area contributed by atoms with Crippen molar-refractivity contribution in [3.8, 4) is 0 Å². The zero-order valence-corrected chi connectivity index (χ0v) is 15.7. The fraction of sp³-hybridized carbons (Fsp3) is 0.733. The van der Waals surface area contributed by atoms with Crippen molar-refractivity contribution in [1.82, 2.24) is 23.5 Å². The lowest BCUT2D eigenvalue weighted by Gasteiger charge is -2.34. The number of ether oxygens (including phenoxy) is 1. The first-order chi connectivity index (χ1) is 11.4. The lowest BCUT2D eigenvalue weighted by atomic mass is 10.2. The van der Waals surface area contributed by atoms with E-state index in [1.807, 2.05) is 38.9 Å². The van der Waals surface area contributed by atoms with Crippen molar-refractivity contribution in [3.63, 3.8) is 0 Å². The van der Waals surface area contributed by atoms with Gasteiger partial charge in [-0.3, -0.25) is 0 Å². The summed E-state index contributed by atoms with van der Waals surface area (Å²) >= 11 is 0. The van der Waals surface area contributed by atoms with Crippen LogP contribution in [0.2, 0.25) is 0 Å². The molecule has 0 saturated carbocycles. The molecule has 0 bridgehead atoms. The molecule has 1 atom stereocenters. The van der Waals surface area contributed by atoms with Gasteiger partial charge in [0, 0.05) is 38.9 Å². The predicted octanol–water partition coefficient (Wildman–Crippen LogP) is 0.498. The second-order valence-electron chi connectivity index (χ2n) is 5.95. The quantitative estimate of drug-likeness (QED) is 0.707. The Bertz CT molecular complexity index is 634. The fourth-order valence-corrected chi connectivity index (χ4v) is 4.29. The summed E-state index contributed by atoms with van der Waals surface area (Å²) in [5.74, 6) is 0.536. The van der Waals surface area contributed by atoms with Crippen LogP contribution in [0, 0.1) is 0 Å². The zero-order valence-electron chi connectivity index (χ0n) is 14.8. The second-order valence-corrected chi connectivity index (χ2v) is 7.88. The second kappa shape index (κ2) is 8.30. The van der Waals surface area contributed by atoms with Crippen LogP contribution >= 0.6 is 0 Å². The van der Waals surface area contributed by atoms with E-state index in [9.17, 15) is 8.42 Å². The summed E-state index contributed by atoms with van der Waals surface area (Å²) in [6.45, 7) is 6.22. The van der Waals surface area contributed by atoms with Crippen LogP contribution in [0.5, 0.6) is 0 Å². The van der Waals surface area contributed by atoms with Gasteiger partial charge >= 0.3 is 0 Å². The molecule has 1 saturated heterocycles. The highest BCUT2D eigenvalue weighted by molar-refractivity contribution is 7.86. The average Bonchev–Trinajstić information content (AvgIpc) is 2.55. The first-order valence-corrected chi connectivity index (χ1v) is 9.61. The number of rotatable bonds is 7. The first-order valence-electron chi connectivity index (χ1n) is 8.21. The fourth-order valence-electron chi connectivity index (χ4n) is 2.68. The minimum Gasteiger partial charge on any atom is -0.367 e. The highest BCUT2D eigenvalue weighted by Gasteiger charge is 2.34. The number of aromatic nitrogens is 2. The highest BCUT2D eigenvalue weighted by atomic mass is 32.2. The molecule has 1 aliphatic heterocycles. The van der Waals surface area contributed by atoms with Crippen molar-refractivity contribution in [2.24, 2.45) is 0 Å². The Labute approximate surface area is 144 Å². The number of morpholine rings is 1. The van der Waals surface area contributed by atoms with Gasteiger partial charge in [-0.1, -0.05) is 13.8 Å². The van der Waals surface area contributed by atoms with Crippen LogP contribution in [0.25, 0.3) is 0 Å². The maximum absolute atomic E-state index is 12.7. The van der Waals surface area contributed by atoms with Gasteiger partial charge in [0.15, 0.2) is 5.82 Å². The largest absolute Gasteiger partial charge is 0.367 e. The van der Waals surface area contributed by atoms with E-state index in [0.717, 1.165) is 5.69 Å². The molecule has 0 amide bonds. The van der Waals surface area contributed by atoms with Crippen LogP contribution in [0.1, 0.15) is 31.5 Å². The lowest BCUT2D eigenvalue weighted by Crippen LogP contribution is -2.49. The van der Waals surface area contributed by atoms with Crippen molar-refractivity contribution < 1.29 is 13.2 Å². The Hall–Kier alpha value is -1.13. The molecule has 2 rings (SSSR count). The standard InChI is InChI=1S/C15H27N5O3S/c1-5-19(6-2)24(21,22)20-9-10-23-14(12-20)15-16-8-7-13(17-15)11-18(3)4/h7-8,14H,5-6,9-12H2,1-4H3/t14-/m1/s1. The van der Waals surface area contributed by atoms with Gasteiger partial charge in [0.25, 0.3) is 10.2 Å². The molecule has 9 heteroatoms. The third-order valence-corrected chi connectivity index (χ3v) is 6.04. The normalized spacial score (nSPS) is 20.0. The predicted molar refractivity (Wildman–Crippen MR) is 91.5 cm³/mol. The van der Waals surface area contributed by atoms with E-state index in [-0.39, 0.29) is 6.54 Å². The lowest BCUT2D eigenvalue weighted by molar-refractivity contribution is -0.00930. The number of nitrogens with zero attached hydrogens (tertiary/aromatic N) is 5. The van der Waals surface area contributed by atoms with Crippen LogP contribution < -0.4 is 0 Å². The van der Waals surface area contributed by atoms with Crippen molar-refractivity contribution in [1.29, 1.82) is 0 Å². The SMILES string of the molecule is CCN(CC)S(=O)(=O)N1CCO[C@@H](c2nccc(CN(C)C)n2)C1. The molecule has 8 nitrogen and oxygen atoms in total. The third-order valence-electron chi connectivity index (χ3n) is 3.89. The van der Waals surface area contributed by atoms with Gasteiger partial charge in [-0.15, -0.1) is 0 Å². The molecule has 1 aliphatic rings. The molecule has 1 aromatic rings. The molecule has 0 spiro atoms.